The van der Waals surface area contributed by atoms with Gasteiger partial charge < -0.3 is 20.3 Å². The Morgan fingerprint density at radius 1 is 0.500 bits per heavy atom. The monoisotopic (exact) mass is 764 g/mol. The van der Waals surface area contributed by atoms with E-state index in [0.717, 1.165) is 57.8 Å². The van der Waals surface area contributed by atoms with Gasteiger partial charge in [-0.3, -0.25) is 9.59 Å². The van der Waals surface area contributed by atoms with Gasteiger partial charge in [-0.1, -0.05) is 206 Å². The first kappa shape index (κ1) is 52.6. The SMILES string of the molecule is CCCCCC/C=C\CCCCCCCC(=O)OCCCCCCCCCCCC(=O)NC(CO)C(O)CCCCCCCCCCCCCCCCC. The van der Waals surface area contributed by atoms with Crippen LogP contribution in [-0.4, -0.2) is 47.4 Å². The van der Waals surface area contributed by atoms with Gasteiger partial charge in [0.1, 0.15) is 0 Å². The predicted molar refractivity (Wildman–Crippen MR) is 232 cm³/mol. The molecule has 0 fully saturated rings. The Morgan fingerprint density at radius 3 is 1.33 bits per heavy atom. The summed E-state index contributed by atoms with van der Waals surface area (Å²) >= 11 is 0. The van der Waals surface area contributed by atoms with E-state index in [1.165, 1.54) is 167 Å². The van der Waals surface area contributed by atoms with Crippen LogP contribution in [0.3, 0.4) is 0 Å². The Kier molecular flexibility index (Phi) is 43.2. The highest BCUT2D eigenvalue weighted by Crippen LogP contribution is 2.16. The lowest BCUT2D eigenvalue weighted by Gasteiger charge is -2.22. The third kappa shape index (κ3) is 40.3. The summed E-state index contributed by atoms with van der Waals surface area (Å²) in [6.45, 7) is 4.87. The van der Waals surface area contributed by atoms with Crippen molar-refractivity contribution in [1.82, 2.24) is 5.32 Å². The number of rotatable bonds is 44. The van der Waals surface area contributed by atoms with Crippen molar-refractivity contribution in [3.8, 4) is 0 Å². The fraction of sp³-hybridized carbons (Fsp3) is 0.917. The fourth-order valence-electron chi connectivity index (χ4n) is 7.34. The summed E-state index contributed by atoms with van der Waals surface area (Å²) in [5.41, 5.74) is 0. The molecule has 0 aliphatic rings. The van der Waals surface area contributed by atoms with E-state index in [-0.39, 0.29) is 18.5 Å². The summed E-state index contributed by atoms with van der Waals surface area (Å²) in [5, 5.41) is 23.2. The van der Waals surface area contributed by atoms with Crippen molar-refractivity contribution in [2.24, 2.45) is 0 Å². The van der Waals surface area contributed by atoms with Gasteiger partial charge in [0.05, 0.1) is 25.4 Å². The van der Waals surface area contributed by atoms with Crippen LogP contribution in [0.1, 0.15) is 258 Å². The molecule has 0 bridgehead atoms. The average Bonchev–Trinajstić information content (AvgIpc) is 3.17. The molecule has 0 saturated heterocycles. The molecule has 0 aromatic rings. The summed E-state index contributed by atoms with van der Waals surface area (Å²) in [7, 11) is 0. The molecule has 6 nitrogen and oxygen atoms in total. The zero-order valence-electron chi connectivity index (χ0n) is 36.2. The Balaban J connectivity index is 3.50. The lowest BCUT2D eigenvalue weighted by atomic mass is 10.0. The van der Waals surface area contributed by atoms with Crippen LogP contribution in [0.4, 0.5) is 0 Å². The van der Waals surface area contributed by atoms with E-state index in [1.54, 1.807) is 0 Å². The van der Waals surface area contributed by atoms with Crippen molar-refractivity contribution in [3.63, 3.8) is 0 Å². The van der Waals surface area contributed by atoms with Crippen LogP contribution < -0.4 is 5.32 Å². The summed E-state index contributed by atoms with van der Waals surface area (Å²) < 4.78 is 5.43. The molecule has 0 rings (SSSR count). The van der Waals surface area contributed by atoms with Crippen molar-refractivity contribution in [2.45, 2.75) is 270 Å². The molecule has 0 saturated carbocycles. The minimum atomic E-state index is -0.680. The van der Waals surface area contributed by atoms with Gasteiger partial charge in [0, 0.05) is 12.8 Å². The van der Waals surface area contributed by atoms with E-state index in [1.807, 2.05) is 0 Å². The fourth-order valence-corrected chi connectivity index (χ4v) is 7.34. The Bertz CT molecular complexity index is 802. The Morgan fingerprint density at radius 2 is 0.870 bits per heavy atom. The number of hydrogen-bond acceptors (Lipinski definition) is 5. The van der Waals surface area contributed by atoms with Gasteiger partial charge in [-0.05, 0) is 51.4 Å². The van der Waals surface area contributed by atoms with Crippen molar-refractivity contribution >= 4 is 11.9 Å². The topological polar surface area (TPSA) is 95.9 Å². The van der Waals surface area contributed by atoms with Crippen molar-refractivity contribution in [1.29, 1.82) is 0 Å². The van der Waals surface area contributed by atoms with Gasteiger partial charge in [-0.25, -0.2) is 0 Å². The maximum atomic E-state index is 12.4. The molecular weight excluding hydrogens is 671 g/mol. The van der Waals surface area contributed by atoms with E-state index >= 15 is 0 Å². The molecule has 0 aromatic carbocycles. The van der Waals surface area contributed by atoms with Crippen LogP contribution in [0.15, 0.2) is 12.2 Å². The lowest BCUT2D eigenvalue weighted by molar-refractivity contribution is -0.143. The van der Waals surface area contributed by atoms with Crippen LogP contribution in [0.25, 0.3) is 0 Å². The van der Waals surface area contributed by atoms with Crippen LogP contribution in [-0.2, 0) is 14.3 Å². The Hall–Kier alpha value is -1.40. The molecule has 320 valence electrons. The maximum Gasteiger partial charge on any atom is 0.305 e. The summed E-state index contributed by atoms with van der Waals surface area (Å²) in [5.74, 6) is -0.0966. The molecule has 0 spiro atoms. The number of hydrogen-bond donors (Lipinski definition) is 3. The maximum absolute atomic E-state index is 12.4. The third-order valence-corrected chi connectivity index (χ3v) is 11.1. The van der Waals surface area contributed by atoms with E-state index in [0.29, 0.717) is 25.9 Å². The van der Waals surface area contributed by atoms with Crippen LogP contribution in [0, 0.1) is 0 Å². The molecular formula is C48H93NO5. The number of ether oxygens (including phenoxy) is 1. The molecule has 1 amide bonds. The van der Waals surface area contributed by atoms with Crippen LogP contribution in [0.5, 0.6) is 0 Å². The van der Waals surface area contributed by atoms with Gasteiger partial charge in [-0.2, -0.15) is 0 Å². The molecule has 0 heterocycles. The van der Waals surface area contributed by atoms with Gasteiger partial charge in [0.25, 0.3) is 0 Å². The molecule has 0 radical (unpaired) electrons. The first-order chi connectivity index (χ1) is 26.5. The summed E-state index contributed by atoms with van der Waals surface area (Å²) in [4.78, 5) is 24.4. The second kappa shape index (κ2) is 44.3. The minimum Gasteiger partial charge on any atom is -0.466 e. The summed E-state index contributed by atoms with van der Waals surface area (Å²) in [6, 6.07) is -0.560. The normalized spacial score (nSPS) is 12.7. The smallest absolute Gasteiger partial charge is 0.305 e. The lowest BCUT2D eigenvalue weighted by Crippen LogP contribution is -2.45. The molecule has 0 aromatic heterocycles. The number of aliphatic hydroxyl groups excluding tert-OH is 2. The summed E-state index contributed by atoms with van der Waals surface area (Å²) in [6.07, 6.45) is 48.8. The number of aliphatic hydroxyl groups is 2. The number of allylic oxidation sites excluding steroid dienone is 2. The van der Waals surface area contributed by atoms with E-state index in [9.17, 15) is 19.8 Å². The highest BCUT2D eigenvalue weighted by Gasteiger charge is 2.20. The second-order valence-corrected chi connectivity index (χ2v) is 16.4. The molecule has 3 N–H and O–H groups in total. The van der Waals surface area contributed by atoms with Crippen molar-refractivity contribution in [3.05, 3.63) is 12.2 Å². The largest absolute Gasteiger partial charge is 0.466 e. The molecule has 54 heavy (non-hydrogen) atoms. The molecule has 2 atom stereocenters. The van der Waals surface area contributed by atoms with Crippen LogP contribution >= 0.6 is 0 Å². The molecule has 0 aliphatic heterocycles. The number of carbonyl (C=O) groups is 2. The zero-order chi connectivity index (χ0) is 39.4. The third-order valence-electron chi connectivity index (χ3n) is 11.1. The van der Waals surface area contributed by atoms with Crippen molar-refractivity contribution in [2.75, 3.05) is 13.2 Å². The molecule has 6 heteroatoms. The van der Waals surface area contributed by atoms with E-state index in [4.69, 9.17) is 4.74 Å². The minimum absolute atomic E-state index is 0.0341. The number of esters is 1. The standard InChI is InChI=1S/C48H93NO5/c1-3-5-7-9-11-13-15-17-18-20-21-24-28-32-36-40-46(51)45(44-50)49-47(52)41-37-33-29-25-23-27-31-35-39-43-54-48(53)42-38-34-30-26-22-19-16-14-12-10-8-6-4-2/h14,16,45-46,50-51H,3-13,15,17-44H2,1-2H3,(H,49,52)/b16-14-. The zero-order valence-corrected chi connectivity index (χ0v) is 36.2. The highest BCUT2D eigenvalue weighted by molar-refractivity contribution is 5.76. The van der Waals surface area contributed by atoms with Gasteiger partial charge in [-0.15, -0.1) is 0 Å². The van der Waals surface area contributed by atoms with Crippen LogP contribution in [0.2, 0.25) is 0 Å². The second-order valence-electron chi connectivity index (χ2n) is 16.4. The quantitative estimate of drug-likeness (QED) is 0.0326. The van der Waals surface area contributed by atoms with Gasteiger partial charge in [0.15, 0.2) is 0 Å². The molecule has 0 aliphatic carbocycles. The average molecular weight is 764 g/mol. The predicted octanol–water partition coefficient (Wildman–Crippen LogP) is 13.8. The number of amides is 1. The first-order valence-electron chi connectivity index (χ1n) is 23.9. The van der Waals surface area contributed by atoms with Crippen molar-refractivity contribution < 1.29 is 24.5 Å². The number of nitrogens with one attached hydrogen (secondary N) is 1. The van der Waals surface area contributed by atoms with Gasteiger partial charge >= 0.3 is 5.97 Å². The molecule has 2 unspecified atom stereocenters. The Labute approximate surface area is 336 Å². The van der Waals surface area contributed by atoms with E-state index < -0.39 is 12.1 Å². The van der Waals surface area contributed by atoms with Gasteiger partial charge in [0.2, 0.25) is 5.91 Å². The number of unbranched alkanes of at least 4 members (excludes halogenated alkanes) is 31. The highest BCUT2D eigenvalue weighted by atomic mass is 16.5. The first-order valence-corrected chi connectivity index (χ1v) is 23.9. The van der Waals surface area contributed by atoms with E-state index in [2.05, 4.69) is 31.3 Å². The number of carbonyl (C=O) groups excluding carboxylic acids is 2.